The number of rotatable bonds is 2. The molecule has 0 aromatic carbocycles. The highest BCUT2D eigenvalue weighted by Crippen LogP contribution is 2.25. The third kappa shape index (κ3) is 1.84. The van der Waals surface area contributed by atoms with Crippen LogP contribution in [0.5, 0.6) is 0 Å². The molecule has 0 N–H and O–H groups in total. The van der Waals surface area contributed by atoms with Gasteiger partial charge in [0, 0.05) is 5.92 Å². The van der Waals surface area contributed by atoms with Crippen LogP contribution in [0, 0.1) is 11.3 Å². The predicted octanol–water partition coefficient (Wildman–Crippen LogP) is 1.22. The molecule has 1 heterocycles. The molecule has 1 aliphatic rings. The minimum atomic E-state index is -0.424. The Morgan fingerprint density at radius 3 is 2.25 bits per heavy atom. The van der Waals surface area contributed by atoms with Crippen molar-refractivity contribution in [2.24, 2.45) is 11.3 Å². The summed E-state index contributed by atoms with van der Waals surface area (Å²) in [6.45, 7) is 7.01. The van der Waals surface area contributed by atoms with Crippen molar-refractivity contribution in [2.75, 3.05) is 20.0 Å². The summed E-state index contributed by atoms with van der Waals surface area (Å²) in [5, 5.41) is 0. The maximum Gasteiger partial charge on any atom is 0.146 e. The quantitative estimate of drug-likeness (QED) is 0.628. The van der Waals surface area contributed by atoms with Gasteiger partial charge in [-0.2, -0.15) is 0 Å². The average molecular weight is 172 g/mol. The van der Waals surface area contributed by atoms with Crippen LogP contribution in [0.3, 0.4) is 0 Å². The fraction of sp³-hybridized carbons (Fsp3) is 0.889. The van der Waals surface area contributed by atoms with Crippen molar-refractivity contribution in [3.63, 3.8) is 0 Å². The molecule has 0 bridgehead atoms. The topological polar surface area (TPSA) is 35.5 Å². The maximum atomic E-state index is 11.7. The third-order valence-electron chi connectivity index (χ3n) is 2.13. The Morgan fingerprint density at radius 2 is 1.83 bits per heavy atom. The first kappa shape index (κ1) is 9.68. The van der Waals surface area contributed by atoms with Crippen molar-refractivity contribution in [1.29, 1.82) is 0 Å². The summed E-state index contributed by atoms with van der Waals surface area (Å²) in [7, 11) is 0. The lowest BCUT2D eigenvalue weighted by molar-refractivity contribution is -0.174. The molecule has 0 aromatic heterocycles. The molecule has 0 aromatic rings. The van der Waals surface area contributed by atoms with Gasteiger partial charge in [-0.25, -0.2) is 0 Å². The minimum absolute atomic E-state index is 0.0558. The molecule has 0 unspecified atom stereocenters. The van der Waals surface area contributed by atoms with E-state index in [1.165, 1.54) is 0 Å². The highest BCUT2D eigenvalue weighted by molar-refractivity contribution is 5.86. The monoisotopic (exact) mass is 172 g/mol. The van der Waals surface area contributed by atoms with E-state index in [9.17, 15) is 4.79 Å². The van der Waals surface area contributed by atoms with Crippen molar-refractivity contribution >= 4 is 5.78 Å². The second-order valence-corrected chi connectivity index (χ2v) is 3.89. The van der Waals surface area contributed by atoms with Crippen LogP contribution >= 0.6 is 0 Å². The lowest BCUT2D eigenvalue weighted by Crippen LogP contribution is -2.43. The van der Waals surface area contributed by atoms with Crippen LogP contribution in [0.1, 0.15) is 20.8 Å². The molecular formula is C9H16O3. The van der Waals surface area contributed by atoms with E-state index in [4.69, 9.17) is 9.47 Å². The van der Waals surface area contributed by atoms with Crippen molar-refractivity contribution in [3.8, 4) is 0 Å². The number of carbonyl (C=O) groups is 1. The van der Waals surface area contributed by atoms with Gasteiger partial charge in [0.1, 0.15) is 12.6 Å². The fourth-order valence-corrected chi connectivity index (χ4v) is 1.47. The maximum absolute atomic E-state index is 11.7. The molecule has 1 rings (SSSR count). The number of hydrogen-bond donors (Lipinski definition) is 0. The fourth-order valence-electron chi connectivity index (χ4n) is 1.47. The number of Topliss-reactive ketones (excluding diaryl/α,β-unsaturated/α-hetero) is 1. The van der Waals surface area contributed by atoms with E-state index in [-0.39, 0.29) is 11.7 Å². The Bertz CT molecular complexity index is 169. The summed E-state index contributed by atoms with van der Waals surface area (Å²) in [5.41, 5.74) is -0.424. The highest BCUT2D eigenvalue weighted by atomic mass is 16.7. The van der Waals surface area contributed by atoms with Gasteiger partial charge in [-0.3, -0.25) is 4.79 Å². The molecule has 1 aliphatic heterocycles. The number of ketones is 1. The van der Waals surface area contributed by atoms with Crippen molar-refractivity contribution < 1.29 is 14.3 Å². The van der Waals surface area contributed by atoms with Crippen LogP contribution in [-0.2, 0) is 14.3 Å². The Kier molecular flexibility index (Phi) is 2.85. The molecule has 0 amide bonds. The molecule has 0 aliphatic carbocycles. The van der Waals surface area contributed by atoms with Crippen molar-refractivity contribution in [3.05, 3.63) is 0 Å². The molecule has 1 saturated heterocycles. The lowest BCUT2D eigenvalue weighted by atomic mass is 9.82. The summed E-state index contributed by atoms with van der Waals surface area (Å²) in [6, 6.07) is 0. The Hall–Kier alpha value is -0.410. The zero-order valence-corrected chi connectivity index (χ0v) is 7.92. The van der Waals surface area contributed by atoms with E-state index >= 15 is 0 Å². The Labute approximate surface area is 73.0 Å². The van der Waals surface area contributed by atoms with Gasteiger partial charge in [-0.15, -0.1) is 0 Å². The zero-order valence-electron chi connectivity index (χ0n) is 7.92. The number of carbonyl (C=O) groups excluding carboxylic acids is 1. The zero-order chi connectivity index (χ0) is 9.19. The smallest absolute Gasteiger partial charge is 0.146 e. The molecule has 0 radical (unpaired) electrons. The SMILES string of the molecule is CC(C)C(=O)C1(C)COCOC1. The van der Waals surface area contributed by atoms with Crippen LogP contribution in [0.25, 0.3) is 0 Å². The van der Waals surface area contributed by atoms with E-state index in [0.717, 1.165) is 0 Å². The molecule has 3 heteroatoms. The standard InChI is InChI=1S/C9H16O3/c1-7(2)8(10)9(3)4-11-6-12-5-9/h7H,4-6H2,1-3H3. The molecule has 0 atom stereocenters. The second-order valence-electron chi connectivity index (χ2n) is 3.89. The summed E-state index contributed by atoms with van der Waals surface area (Å²) >= 11 is 0. The van der Waals surface area contributed by atoms with Gasteiger partial charge in [-0.1, -0.05) is 13.8 Å². The second kappa shape index (κ2) is 3.54. The Balaban J connectivity index is 2.62. The van der Waals surface area contributed by atoms with E-state index in [0.29, 0.717) is 20.0 Å². The van der Waals surface area contributed by atoms with Crippen LogP contribution in [0.2, 0.25) is 0 Å². The third-order valence-corrected chi connectivity index (χ3v) is 2.13. The lowest BCUT2D eigenvalue weighted by Gasteiger charge is -2.32. The van der Waals surface area contributed by atoms with Gasteiger partial charge in [0.05, 0.1) is 18.6 Å². The van der Waals surface area contributed by atoms with Gasteiger partial charge in [0.15, 0.2) is 0 Å². The molecule has 3 nitrogen and oxygen atoms in total. The molecule has 12 heavy (non-hydrogen) atoms. The van der Waals surface area contributed by atoms with Crippen LogP contribution in [-0.4, -0.2) is 25.8 Å². The highest BCUT2D eigenvalue weighted by Gasteiger charge is 2.37. The van der Waals surface area contributed by atoms with Gasteiger partial charge in [0.2, 0.25) is 0 Å². The average Bonchev–Trinajstić information content (AvgIpc) is 2.04. The first-order valence-corrected chi connectivity index (χ1v) is 4.26. The predicted molar refractivity (Wildman–Crippen MR) is 44.7 cm³/mol. The van der Waals surface area contributed by atoms with Crippen molar-refractivity contribution in [1.82, 2.24) is 0 Å². The van der Waals surface area contributed by atoms with Crippen molar-refractivity contribution in [2.45, 2.75) is 20.8 Å². The number of hydrogen-bond acceptors (Lipinski definition) is 3. The minimum Gasteiger partial charge on any atom is -0.354 e. The van der Waals surface area contributed by atoms with E-state index < -0.39 is 5.41 Å². The van der Waals surface area contributed by atoms with Crippen LogP contribution in [0.15, 0.2) is 0 Å². The van der Waals surface area contributed by atoms with Gasteiger partial charge in [0.25, 0.3) is 0 Å². The first-order valence-electron chi connectivity index (χ1n) is 4.26. The van der Waals surface area contributed by atoms with Gasteiger partial charge in [-0.05, 0) is 6.92 Å². The summed E-state index contributed by atoms with van der Waals surface area (Å²) in [4.78, 5) is 11.7. The van der Waals surface area contributed by atoms with E-state index in [1.54, 1.807) is 0 Å². The van der Waals surface area contributed by atoms with E-state index in [2.05, 4.69) is 0 Å². The number of ether oxygens (including phenoxy) is 2. The first-order chi connectivity index (χ1) is 5.56. The summed E-state index contributed by atoms with van der Waals surface area (Å²) < 4.78 is 10.2. The molecule has 70 valence electrons. The summed E-state index contributed by atoms with van der Waals surface area (Å²) in [6.07, 6.45) is 0. The molecule has 1 fully saturated rings. The molecular weight excluding hydrogens is 156 g/mol. The summed E-state index contributed by atoms with van der Waals surface area (Å²) in [5.74, 6) is 0.280. The largest absolute Gasteiger partial charge is 0.354 e. The van der Waals surface area contributed by atoms with Gasteiger partial charge >= 0.3 is 0 Å². The normalized spacial score (nSPS) is 22.7. The van der Waals surface area contributed by atoms with Crippen LogP contribution in [0.4, 0.5) is 0 Å². The Morgan fingerprint density at radius 1 is 1.33 bits per heavy atom. The molecule has 0 spiro atoms. The van der Waals surface area contributed by atoms with Crippen LogP contribution < -0.4 is 0 Å². The van der Waals surface area contributed by atoms with E-state index in [1.807, 2.05) is 20.8 Å². The van der Waals surface area contributed by atoms with Gasteiger partial charge < -0.3 is 9.47 Å². The molecule has 0 saturated carbocycles.